The Kier molecular flexibility index (Phi) is 8.24. The van der Waals surface area contributed by atoms with Gasteiger partial charge < -0.3 is 10.6 Å². The van der Waals surface area contributed by atoms with Gasteiger partial charge in [0.2, 0.25) is 21.8 Å². The third-order valence-electron chi connectivity index (χ3n) is 4.03. The van der Waals surface area contributed by atoms with Gasteiger partial charge in [-0.3, -0.25) is 9.59 Å². The van der Waals surface area contributed by atoms with Gasteiger partial charge >= 0.3 is 0 Å². The van der Waals surface area contributed by atoms with Crippen LogP contribution in [-0.2, 0) is 19.6 Å². The monoisotopic (exact) mass is 435 g/mol. The van der Waals surface area contributed by atoms with E-state index in [4.69, 9.17) is 5.14 Å². The van der Waals surface area contributed by atoms with Crippen molar-refractivity contribution in [3.05, 3.63) is 48.5 Å². The molecule has 2 aromatic rings. The number of carbonyl (C=O) groups excluding carboxylic acids is 2. The number of carbonyl (C=O) groups is 2. The number of anilines is 2. The maximum atomic E-state index is 12.4. The Balaban J connectivity index is 1.89. The van der Waals surface area contributed by atoms with E-state index in [0.29, 0.717) is 12.1 Å². The summed E-state index contributed by atoms with van der Waals surface area (Å²) in [6, 6.07) is 13.0. The average molecular weight is 436 g/mol. The fourth-order valence-electron chi connectivity index (χ4n) is 2.41. The lowest BCUT2D eigenvalue weighted by molar-refractivity contribution is -0.116. The number of sulfonamides is 1. The normalized spacial score (nSPS) is 12.2. The van der Waals surface area contributed by atoms with E-state index in [1.54, 1.807) is 6.92 Å². The number of primary sulfonamides is 1. The predicted octanol–water partition coefficient (Wildman–Crippen LogP) is 3.58. The molecular formula is C20H25N3O4S2. The first-order valence-electron chi connectivity index (χ1n) is 9.19. The Morgan fingerprint density at radius 2 is 1.55 bits per heavy atom. The van der Waals surface area contributed by atoms with Crippen LogP contribution < -0.4 is 15.8 Å². The maximum Gasteiger partial charge on any atom is 0.238 e. The topological polar surface area (TPSA) is 118 Å². The van der Waals surface area contributed by atoms with E-state index >= 15 is 0 Å². The molecule has 0 heterocycles. The van der Waals surface area contributed by atoms with Crippen molar-refractivity contribution in [1.82, 2.24) is 0 Å². The molecule has 1 unspecified atom stereocenters. The first-order valence-corrected chi connectivity index (χ1v) is 11.6. The van der Waals surface area contributed by atoms with Gasteiger partial charge in [-0.05, 0) is 61.9 Å². The van der Waals surface area contributed by atoms with Crippen LogP contribution in [0.1, 0.15) is 33.1 Å². The van der Waals surface area contributed by atoms with Crippen LogP contribution in [0.5, 0.6) is 0 Å². The van der Waals surface area contributed by atoms with Crippen LogP contribution in [0.25, 0.3) is 0 Å². The molecule has 9 heteroatoms. The summed E-state index contributed by atoms with van der Waals surface area (Å²) in [6.45, 7) is 3.81. The fourth-order valence-corrected chi connectivity index (χ4v) is 3.79. The van der Waals surface area contributed by atoms with Crippen molar-refractivity contribution in [1.29, 1.82) is 0 Å². The van der Waals surface area contributed by atoms with Crippen molar-refractivity contribution in [3.63, 3.8) is 0 Å². The van der Waals surface area contributed by atoms with Crippen LogP contribution in [-0.4, -0.2) is 25.5 Å². The molecule has 156 valence electrons. The lowest BCUT2D eigenvalue weighted by Gasteiger charge is -2.13. The van der Waals surface area contributed by atoms with Gasteiger partial charge in [-0.25, -0.2) is 13.6 Å². The van der Waals surface area contributed by atoms with Crippen molar-refractivity contribution in [3.8, 4) is 0 Å². The van der Waals surface area contributed by atoms with Crippen molar-refractivity contribution in [2.24, 2.45) is 5.14 Å². The summed E-state index contributed by atoms with van der Waals surface area (Å²) in [7, 11) is -3.76. The average Bonchev–Trinajstić information content (AvgIpc) is 2.67. The second kappa shape index (κ2) is 10.4. The van der Waals surface area contributed by atoms with E-state index < -0.39 is 10.0 Å². The van der Waals surface area contributed by atoms with Crippen LogP contribution in [0.3, 0.4) is 0 Å². The lowest BCUT2D eigenvalue weighted by atomic mass is 10.2. The molecule has 0 saturated carbocycles. The Hall–Kier alpha value is -2.36. The summed E-state index contributed by atoms with van der Waals surface area (Å²) in [6.07, 6.45) is 2.33. The number of nitrogens with two attached hydrogens (primary N) is 1. The van der Waals surface area contributed by atoms with Crippen LogP contribution in [0.15, 0.2) is 58.3 Å². The number of hydrogen-bond donors (Lipinski definition) is 3. The first kappa shape index (κ1) is 22.9. The summed E-state index contributed by atoms with van der Waals surface area (Å²) in [4.78, 5) is 25.0. The number of amides is 2. The lowest BCUT2D eigenvalue weighted by Crippen LogP contribution is -2.22. The number of nitrogens with one attached hydrogen (secondary N) is 2. The molecule has 7 nitrogen and oxygen atoms in total. The summed E-state index contributed by atoms with van der Waals surface area (Å²) in [5, 5.41) is 10.3. The minimum Gasteiger partial charge on any atom is -0.326 e. The highest BCUT2D eigenvalue weighted by Gasteiger charge is 2.15. The van der Waals surface area contributed by atoms with Crippen molar-refractivity contribution in [2.45, 2.75) is 48.2 Å². The molecular weight excluding hydrogens is 410 g/mol. The molecule has 0 saturated heterocycles. The van der Waals surface area contributed by atoms with Gasteiger partial charge in [0.25, 0.3) is 0 Å². The first-order chi connectivity index (χ1) is 13.7. The molecule has 0 fully saturated rings. The maximum absolute atomic E-state index is 12.4. The van der Waals surface area contributed by atoms with E-state index in [0.717, 1.165) is 23.4 Å². The molecule has 0 aliphatic carbocycles. The van der Waals surface area contributed by atoms with E-state index in [2.05, 4.69) is 10.6 Å². The standard InChI is InChI=1S/C20H25N3O4S2/c1-3-4-5-19(24)22-15-6-10-17(11-7-15)28-14(2)20(25)23-16-8-12-18(13-9-16)29(21,26)27/h6-14H,3-5H2,1-2H3,(H,22,24)(H,23,25)(H2,21,26,27). The molecule has 0 bridgehead atoms. The van der Waals surface area contributed by atoms with Gasteiger partial charge in [0.15, 0.2) is 0 Å². The zero-order chi connectivity index (χ0) is 21.4. The second-order valence-electron chi connectivity index (χ2n) is 6.49. The quantitative estimate of drug-likeness (QED) is 0.520. The van der Waals surface area contributed by atoms with E-state index in [-0.39, 0.29) is 22.0 Å². The summed E-state index contributed by atoms with van der Waals surface area (Å²) >= 11 is 1.38. The number of unbranched alkanes of at least 4 members (excludes halogenated alkanes) is 1. The van der Waals surface area contributed by atoms with Gasteiger partial charge in [-0.2, -0.15) is 0 Å². The number of thioether (sulfide) groups is 1. The number of rotatable bonds is 9. The van der Waals surface area contributed by atoms with Crippen LogP contribution in [0.2, 0.25) is 0 Å². The summed E-state index contributed by atoms with van der Waals surface area (Å²) in [5.74, 6) is -0.219. The Bertz CT molecular complexity index is 943. The van der Waals surface area contributed by atoms with Gasteiger partial charge in [-0.15, -0.1) is 11.8 Å². The SMILES string of the molecule is CCCCC(=O)Nc1ccc(SC(C)C(=O)Nc2ccc(S(N)(=O)=O)cc2)cc1. The van der Waals surface area contributed by atoms with E-state index in [1.165, 1.54) is 36.0 Å². The molecule has 2 rings (SSSR count). The van der Waals surface area contributed by atoms with Crippen LogP contribution >= 0.6 is 11.8 Å². The minimum absolute atomic E-state index is 0.00606. The zero-order valence-electron chi connectivity index (χ0n) is 16.3. The van der Waals surface area contributed by atoms with Crippen LogP contribution in [0.4, 0.5) is 11.4 Å². The number of benzene rings is 2. The highest BCUT2D eigenvalue weighted by molar-refractivity contribution is 8.00. The van der Waals surface area contributed by atoms with Crippen molar-refractivity contribution >= 4 is 45.0 Å². The van der Waals surface area contributed by atoms with Crippen LogP contribution in [0, 0.1) is 0 Å². The molecule has 0 aliphatic heterocycles. The molecule has 0 aliphatic rings. The van der Waals surface area contributed by atoms with Gasteiger partial charge in [0.05, 0.1) is 10.1 Å². The predicted molar refractivity (Wildman–Crippen MR) is 116 cm³/mol. The largest absolute Gasteiger partial charge is 0.326 e. The molecule has 4 N–H and O–H groups in total. The van der Waals surface area contributed by atoms with E-state index in [1.807, 2.05) is 31.2 Å². The third-order valence-corrected chi connectivity index (χ3v) is 6.07. The highest BCUT2D eigenvalue weighted by Crippen LogP contribution is 2.26. The van der Waals surface area contributed by atoms with Crippen molar-refractivity contribution < 1.29 is 18.0 Å². The molecule has 0 aromatic heterocycles. The molecule has 0 spiro atoms. The Labute approximate surface area is 175 Å². The van der Waals surface area contributed by atoms with Gasteiger partial charge in [0.1, 0.15) is 0 Å². The number of hydrogen-bond acceptors (Lipinski definition) is 5. The molecule has 29 heavy (non-hydrogen) atoms. The molecule has 2 amide bonds. The second-order valence-corrected chi connectivity index (χ2v) is 9.47. The zero-order valence-corrected chi connectivity index (χ0v) is 18.0. The smallest absolute Gasteiger partial charge is 0.238 e. The highest BCUT2D eigenvalue weighted by atomic mass is 32.2. The Morgan fingerprint density at radius 1 is 1.00 bits per heavy atom. The molecule has 0 radical (unpaired) electrons. The molecule has 1 atom stereocenters. The minimum atomic E-state index is -3.76. The van der Waals surface area contributed by atoms with Gasteiger partial charge in [0, 0.05) is 22.7 Å². The summed E-state index contributed by atoms with van der Waals surface area (Å²) < 4.78 is 22.5. The Morgan fingerprint density at radius 3 is 2.10 bits per heavy atom. The van der Waals surface area contributed by atoms with E-state index in [9.17, 15) is 18.0 Å². The molecule has 2 aromatic carbocycles. The fraction of sp³-hybridized carbons (Fsp3) is 0.300. The van der Waals surface area contributed by atoms with Crippen molar-refractivity contribution in [2.75, 3.05) is 10.6 Å². The third kappa shape index (κ3) is 7.52. The summed E-state index contributed by atoms with van der Waals surface area (Å²) in [5.41, 5.74) is 1.21. The van der Waals surface area contributed by atoms with Gasteiger partial charge in [-0.1, -0.05) is 13.3 Å².